The van der Waals surface area contributed by atoms with Crippen LogP contribution in [-0.4, -0.2) is 28.9 Å². The zero-order chi connectivity index (χ0) is 14.7. The molecule has 1 saturated heterocycles. The average molecular weight is 283 g/mol. The third-order valence-corrected chi connectivity index (χ3v) is 3.99. The Morgan fingerprint density at radius 2 is 2.05 bits per heavy atom. The Balaban J connectivity index is 1.80. The second-order valence-electron chi connectivity index (χ2n) is 5.72. The molecule has 0 spiro atoms. The number of pyridine rings is 1. The van der Waals surface area contributed by atoms with Crippen LogP contribution in [-0.2, 0) is 6.54 Å². The van der Waals surface area contributed by atoms with Crippen molar-refractivity contribution in [2.24, 2.45) is 0 Å². The van der Waals surface area contributed by atoms with Gasteiger partial charge in [0.2, 0.25) is 0 Å². The minimum Gasteiger partial charge on any atom is -0.357 e. The van der Waals surface area contributed by atoms with Crippen LogP contribution in [0.2, 0.25) is 0 Å². The summed E-state index contributed by atoms with van der Waals surface area (Å²) in [6, 6.07) is 8.07. The summed E-state index contributed by atoms with van der Waals surface area (Å²) in [5.41, 5.74) is 2.80. The molecule has 4 heteroatoms. The van der Waals surface area contributed by atoms with Gasteiger partial charge in [0, 0.05) is 19.3 Å². The smallest absolute Gasteiger partial charge is 0.166 e. The third-order valence-electron chi connectivity index (χ3n) is 3.99. The minimum absolute atomic E-state index is 0.642. The van der Waals surface area contributed by atoms with Crippen molar-refractivity contribution in [1.29, 1.82) is 0 Å². The molecule has 0 aliphatic carbocycles. The number of nitrogens with zero attached hydrogens (tertiary/aromatic N) is 3. The second kappa shape index (κ2) is 6.12. The van der Waals surface area contributed by atoms with Gasteiger partial charge in [0.25, 0.3) is 0 Å². The maximum atomic E-state index is 11.1. The van der Waals surface area contributed by atoms with Crippen LogP contribution in [0.25, 0.3) is 0 Å². The maximum absolute atomic E-state index is 11.1. The van der Waals surface area contributed by atoms with Crippen LogP contribution >= 0.6 is 0 Å². The Hall–Kier alpha value is -2.10. The number of carbonyl (C=O) groups excluding carboxylic acids is 1. The summed E-state index contributed by atoms with van der Waals surface area (Å²) in [5.74, 6) is 1.06. The lowest BCUT2D eigenvalue weighted by atomic mass is 10.1. The molecule has 1 aliphatic rings. The second-order valence-corrected chi connectivity index (χ2v) is 5.72. The normalized spacial score (nSPS) is 15.2. The zero-order valence-corrected chi connectivity index (χ0v) is 12.5. The van der Waals surface area contributed by atoms with Crippen molar-refractivity contribution in [2.75, 3.05) is 18.0 Å². The number of aldehydes is 1. The van der Waals surface area contributed by atoms with Crippen LogP contribution in [0.1, 0.15) is 41.0 Å². The fourth-order valence-electron chi connectivity index (χ4n) is 2.94. The average Bonchev–Trinajstić information content (AvgIpc) is 2.88. The number of hydrogen-bond donors (Lipinski definition) is 0. The predicted octanol–water partition coefficient (Wildman–Crippen LogP) is 3.04. The topological polar surface area (TPSA) is 38.1 Å². The van der Waals surface area contributed by atoms with Gasteiger partial charge in [-0.25, -0.2) is 4.98 Å². The SMILES string of the molecule is Cc1cc(C=O)n(Cc2cccc(N3CCCCC3)n2)c1. The van der Waals surface area contributed by atoms with E-state index in [0.29, 0.717) is 12.2 Å². The fourth-order valence-corrected chi connectivity index (χ4v) is 2.94. The van der Waals surface area contributed by atoms with Crippen molar-refractivity contribution in [3.63, 3.8) is 0 Å². The molecule has 0 bridgehead atoms. The summed E-state index contributed by atoms with van der Waals surface area (Å²) in [5, 5.41) is 0. The molecule has 0 aromatic carbocycles. The number of piperidine rings is 1. The molecule has 1 aliphatic heterocycles. The predicted molar refractivity (Wildman–Crippen MR) is 84.0 cm³/mol. The van der Waals surface area contributed by atoms with E-state index in [1.165, 1.54) is 19.3 Å². The first kappa shape index (κ1) is 13.9. The molecule has 2 aromatic rings. The summed E-state index contributed by atoms with van der Waals surface area (Å²) in [6.07, 6.45) is 6.72. The lowest BCUT2D eigenvalue weighted by Gasteiger charge is -2.28. The lowest BCUT2D eigenvalue weighted by Crippen LogP contribution is -2.30. The molecule has 110 valence electrons. The highest BCUT2D eigenvalue weighted by Crippen LogP contribution is 2.18. The first-order valence-corrected chi connectivity index (χ1v) is 7.59. The molecule has 0 atom stereocenters. The molecule has 1 fully saturated rings. The first-order valence-electron chi connectivity index (χ1n) is 7.59. The van der Waals surface area contributed by atoms with E-state index in [-0.39, 0.29) is 0 Å². The Bertz CT molecular complexity index is 627. The summed E-state index contributed by atoms with van der Waals surface area (Å²) in [4.78, 5) is 18.2. The number of anilines is 1. The molecule has 0 radical (unpaired) electrons. The van der Waals surface area contributed by atoms with Crippen molar-refractivity contribution in [1.82, 2.24) is 9.55 Å². The van der Waals surface area contributed by atoms with Gasteiger partial charge < -0.3 is 9.47 Å². The van der Waals surface area contributed by atoms with Gasteiger partial charge in [0.1, 0.15) is 5.82 Å². The summed E-state index contributed by atoms with van der Waals surface area (Å²) in [6.45, 7) is 4.84. The molecule has 21 heavy (non-hydrogen) atoms. The molecule has 0 unspecified atom stereocenters. The quantitative estimate of drug-likeness (QED) is 0.809. The number of rotatable bonds is 4. The van der Waals surface area contributed by atoms with Crippen LogP contribution in [0.3, 0.4) is 0 Å². The zero-order valence-electron chi connectivity index (χ0n) is 12.5. The summed E-state index contributed by atoms with van der Waals surface area (Å²) < 4.78 is 1.96. The van der Waals surface area contributed by atoms with Gasteiger partial charge in [-0.2, -0.15) is 0 Å². The van der Waals surface area contributed by atoms with Crippen LogP contribution < -0.4 is 4.90 Å². The van der Waals surface area contributed by atoms with E-state index in [9.17, 15) is 4.79 Å². The molecule has 0 saturated carbocycles. The number of aryl methyl sites for hydroxylation is 1. The van der Waals surface area contributed by atoms with E-state index in [4.69, 9.17) is 4.98 Å². The Morgan fingerprint density at radius 1 is 1.24 bits per heavy atom. The van der Waals surface area contributed by atoms with Gasteiger partial charge in [0.15, 0.2) is 6.29 Å². The molecule has 2 aromatic heterocycles. The van der Waals surface area contributed by atoms with Crippen LogP contribution in [0.4, 0.5) is 5.82 Å². The van der Waals surface area contributed by atoms with Gasteiger partial charge in [-0.3, -0.25) is 4.79 Å². The van der Waals surface area contributed by atoms with Crippen molar-refractivity contribution < 1.29 is 4.79 Å². The Kier molecular flexibility index (Phi) is 4.04. The van der Waals surface area contributed by atoms with Crippen LogP contribution in [0, 0.1) is 6.92 Å². The van der Waals surface area contributed by atoms with Crippen molar-refractivity contribution in [2.45, 2.75) is 32.7 Å². The molecular weight excluding hydrogens is 262 g/mol. The monoisotopic (exact) mass is 283 g/mol. The van der Waals surface area contributed by atoms with Crippen LogP contribution in [0.5, 0.6) is 0 Å². The van der Waals surface area contributed by atoms with Crippen molar-refractivity contribution in [3.05, 3.63) is 47.4 Å². The molecule has 0 N–H and O–H groups in total. The van der Waals surface area contributed by atoms with E-state index < -0.39 is 0 Å². The van der Waals surface area contributed by atoms with Crippen molar-refractivity contribution >= 4 is 12.1 Å². The lowest BCUT2D eigenvalue weighted by molar-refractivity contribution is 0.111. The molecular formula is C17H21N3O. The Morgan fingerprint density at radius 3 is 2.81 bits per heavy atom. The highest BCUT2D eigenvalue weighted by Gasteiger charge is 2.12. The van der Waals surface area contributed by atoms with E-state index in [2.05, 4.69) is 17.0 Å². The highest BCUT2D eigenvalue weighted by molar-refractivity contribution is 5.73. The molecule has 4 nitrogen and oxygen atoms in total. The highest BCUT2D eigenvalue weighted by atomic mass is 16.1. The summed E-state index contributed by atoms with van der Waals surface area (Å²) >= 11 is 0. The largest absolute Gasteiger partial charge is 0.357 e. The van der Waals surface area contributed by atoms with Gasteiger partial charge >= 0.3 is 0 Å². The first-order chi connectivity index (χ1) is 10.3. The number of carbonyl (C=O) groups is 1. The standard InChI is InChI=1S/C17H21N3O/c1-14-10-16(13-21)20(11-14)12-15-6-5-7-17(18-15)19-8-3-2-4-9-19/h5-7,10-11,13H,2-4,8-9,12H2,1H3. The molecule has 3 heterocycles. The fraction of sp³-hybridized carbons (Fsp3) is 0.412. The Labute approximate surface area is 125 Å². The van der Waals surface area contributed by atoms with E-state index in [1.54, 1.807) is 0 Å². The maximum Gasteiger partial charge on any atom is 0.166 e. The van der Waals surface area contributed by atoms with Crippen molar-refractivity contribution in [3.8, 4) is 0 Å². The van der Waals surface area contributed by atoms with Gasteiger partial charge in [-0.1, -0.05) is 6.07 Å². The van der Waals surface area contributed by atoms with E-state index in [0.717, 1.165) is 36.5 Å². The molecule has 0 amide bonds. The summed E-state index contributed by atoms with van der Waals surface area (Å²) in [7, 11) is 0. The minimum atomic E-state index is 0.642. The van der Waals surface area contributed by atoms with E-state index in [1.807, 2.05) is 29.8 Å². The van der Waals surface area contributed by atoms with Gasteiger partial charge in [0.05, 0.1) is 17.9 Å². The van der Waals surface area contributed by atoms with Gasteiger partial charge in [-0.15, -0.1) is 0 Å². The number of hydrogen-bond acceptors (Lipinski definition) is 3. The van der Waals surface area contributed by atoms with Crippen LogP contribution in [0.15, 0.2) is 30.5 Å². The third kappa shape index (κ3) is 3.15. The molecule has 3 rings (SSSR count). The van der Waals surface area contributed by atoms with Gasteiger partial charge in [-0.05, 0) is 49.9 Å². The number of aromatic nitrogens is 2. The van der Waals surface area contributed by atoms with E-state index >= 15 is 0 Å².